The van der Waals surface area contributed by atoms with Crippen LogP contribution in [0.3, 0.4) is 0 Å². The van der Waals surface area contributed by atoms with Crippen molar-refractivity contribution in [2.45, 2.75) is 6.42 Å². The van der Waals surface area contributed by atoms with Crippen molar-refractivity contribution < 1.29 is 23.7 Å². The van der Waals surface area contributed by atoms with E-state index < -0.39 is 0 Å². The lowest BCUT2D eigenvalue weighted by Gasteiger charge is -2.08. The minimum Gasteiger partial charge on any atom is -0.491 e. The number of carbonyl (C=O) groups excluding carboxylic acids is 1. The first kappa shape index (κ1) is 13.8. The van der Waals surface area contributed by atoms with Gasteiger partial charge in [-0.3, -0.25) is 4.79 Å². The van der Waals surface area contributed by atoms with Gasteiger partial charge in [0.05, 0.1) is 12.2 Å². The molecule has 0 bridgehead atoms. The van der Waals surface area contributed by atoms with Crippen molar-refractivity contribution in [2.75, 3.05) is 40.1 Å². The summed E-state index contributed by atoms with van der Waals surface area (Å²) in [6.07, 6.45) is 0.880. The monoisotopic (exact) mass is 266 g/mol. The summed E-state index contributed by atoms with van der Waals surface area (Å²) in [5, 5.41) is 0. The Hall–Kier alpha value is -1.59. The number of fused-ring (bicyclic) bond motifs is 1. The molecule has 1 heterocycles. The zero-order chi connectivity index (χ0) is 13.5. The summed E-state index contributed by atoms with van der Waals surface area (Å²) in [7, 11) is 1.67. The number of methoxy groups -OCH3 is 1. The second-order valence-corrected chi connectivity index (χ2v) is 4.18. The lowest BCUT2D eigenvalue weighted by atomic mass is 10.1. The van der Waals surface area contributed by atoms with Crippen LogP contribution < -0.4 is 9.47 Å². The van der Waals surface area contributed by atoms with Gasteiger partial charge in [0.2, 0.25) is 5.78 Å². The third-order valence-electron chi connectivity index (χ3n) is 2.75. The Labute approximate surface area is 112 Å². The van der Waals surface area contributed by atoms with Crippen LogP contribution in [0.15, 0.2) is 18.2 Å². The highest BCUT2D eigenvalue weighted by atomic mass is 16.5. The van der Waals surface area contributed by atoms with E-state index in [1.54, 1.807) is 25.3 Å². The van der Waals surface area contributed by atoms with Crippen LogP contribution in [0, 0.1) is 0 Å². The number of hydrogen-bond acceptors (Lipinski definition) is 5. The molecule has 0 atom stereocenters. The molecular formula is C14H18O5. The summed E-state index contributed by atoms with van der Waals surface area (Å²) in [6.45, 7) is 2.50. The van der Waals surface area contributed by atoms with E-state index in [-0.39, 0.29) is 12.4 Å². The smallest absolute Gasteiger partial charge is 0.203 e. The quantitative estimate of drug-likeness (QED) is 0.670. The molecule has 1 aromatic carbocycles. The molecule has 1 aliphatic rings. The van der Waals surface area contributed by atoms with Gasteiger partial charge in [0.15, 0.2) is 6.61 Å². The lowest BCUT2D eigenvalue weighted by molar-refractivity contribution is 0.0806. The molecule has 5 nitrogen and oxygen atoms in total. The Kier molecular flexibility index (Phi) is 5.18. The second-order valence-electron chi connectivity index (χ2n) is 4.18. The summed E-state index contributed by atoms with van der Waals surface area (Å²) in [6, 6.07) is 5.25. The lowest BCUT2D eigenvalue weighted by Crippen LogP contribution is -2.08. The number of ether oxygens (including phenoxy) is 4. The Morgan fingerprint density at radius 1 is 1.21 bits per heavy atom. The molecule has 0 saturated carbocycles. The van der Waals surface area contributed by atoms with Crippen LogP contribution >= 0.6 is 0 Å². The number of carbonyl (C=O) groups is 1. The Morgan fingerprint density at radius 3 is 2.95 bits per heavy atom. The van der Waals surface area contributed by atoms with E-state index in [4.69, 9.17) is 18.9 Å². The van der Waals surface area contributed by atoms with E-state index in [1.165, 1.54) is 0 Å². The van der Waals surface area contributed by atoms with E-state index >= 15 is 0 Å². The third-order valence-corrected chi connectivity index (χ3v) is 2.75. The Morgan fingerprint density at radius 2 is 2.11 bits per heavy atom. The standard InChI is InChI=1S/C14H18O5/c1-16-5-2-6-17-7-8-18-11-3-4-12-13(15)10-19-14(12)9-11/h3-4,9H,2,5-8,10H2,1H3. The fourth-order valence-corrected chi connectivity index (χ4v) is 1.79. The van der Waals surface area contributed by atoms with Gasteiger partial charge in [0.25, 0.3) is 0 Å². The van der Waals surface area contributed by atoms with Crippen LogP contribution in [-0.4, -0.2) is 45.9 Å². The molecule has 1 aromatic rings. The van der Waals surface area contributed by atoms with Crippen LogP contribution in [0.2, 0.25) is 0 Å². The van der Waals surface area contributed by atoms with Gasteiger partial charge in [-0.25, -0.2) is 0 Å². The van der Waals surface area contributed by atoms with Crippen molar-refractivity contribution >= 4 is 5.78 Å². The van der Waals surface area contributed by atoms with Gasteiger partial charge in [-0.1, -0.05) is 0 Å². The van der Waals surface area contributed by atoms with Crippen molar-refractivity contribution in [3.8, 4) is 11.5 Å². The molecule has 19 heavy (non-hydrogen) atoms. The van der Waals surface area contributed by atoms with Crippen LogP contribution in [0.1, 0.15) is 16.8 Å². The average molecular weight is 266 g/mol. The van der Waals surface area contributed by atoms with Gasteiger partial charge in [-0.05, 0) is 18.6 Å². The maximum Gasteiger partial charge on any atom is 0.203 e. The topological polar surface area (TPSA) is 54.0 Å². The number of benzene rings is 1. The zero-order valence-corrected chi connectivity index (χ0v) is 11.0. The van der Waals surface area contributed by atoms with Gasteiger partial charge in [0, 0.05) is 26.4 Å². The maximum absolute atomic E-state index is 11.4. The molecule has 0 spiro atoms. The van der Waals surface area contributed by atoms with Crippen LogP contribution in [0.4, 0.5) is 0 Å². The predicted octanol–water partition coefficient (Wildman–Crippen LogP) is 1.69. The fraction of sp³-hybridized carbons (Fsp3) is 0.500. The van der Waals surface area contributed by atoms with Crippen LogP contribution in [-0.2, 0) is 9.47 Å². The molecule has 1 aliphatic heterocycles. The molecule has 0 saturated heterocycles. The van der Waals surface area contributed by atoms with Gasteiger partial charge in [-0.2, -0.15) is 0 Å². The molecule has 0 radical (unpaired) electrons. The van der Waals surface area contributed by atoms with E-state index in [9.17, 15) is 4.79 Å². The van der Waals surface area contributed by atoms with E-state index in [1.807, 2.05) is 0 Å². The first-order valence-electron chi connectivity index (χ1n) is 6.31. The summed E-state index contributed by atoms with van der Waals surface area (Å²) in [5.74, 6) is 1.31. The van der Waals surface area contributed by atoms with Crippen molar-refractivity contribution in [1.29, 1.82) is 0 Å². The van der Waals surface area contributed by atoms with Gasteiger partial charge in [0.1, 0.15) is 18.1 Å². The summed E-state index contributed by atoms with van der Waals surface area (Å²) in [4.78, 5) is 11.4. The van der Waals surface area contributed by atoms with Gasteiger partial charge in [-0.15, -0.1) is 0 Å². The van der Waals surface area contributed by atoms with Crippen LogP contribution in [0.25, 0.3) is 0 Å². The Bertz CT molecular complexity index is 430. The SMILES string of the molecule is COCCCOCCOc1ccc2c(c1)OCC2=O. The van der Waals surface area contributed by atoms with Gasteiger partial charge < -0.3 is 18.9 Å². The summed E-state index contributed by atoms with van der Waals surface area (Å²) in [5.41, 5.74) is 0.628. The van der Waals surface area contributed by atoms with Crippen molar-refractivity contribution in [3.05, 3.63) is 23.8 Å². The largest absolute Gasteiger partial charge is 0.491 e. The first-order chi connectivity index (χ1) is 9.31. The number of Topliss-reactive ketones (excluding diaryl/α,β-unsaturated/α-hetero) is 1. The number of hydrogen-bond donors (Lipinski definition) is 0. The third kappa shape index (κ3) is 3.94. The van der Waals surface area contributed by atoms with Crippen molar-refractivity contribution in [1.82, 2.24) is 0 Å². The highest BCUT2D eigenvalue weighted by Crippen LogP contribution is 2.29. The summed E-state index contributed by atoms with van der Waals surface area (Å²) < 4.78 is 21.1. The molecular weight excluding hydrogens is 248 g/mol. The highest BCUT2D eigenvalue weighted by molar-refractivity contribution is 6.02. The zero-order valence-electron chi connectivity index (χ0n) is 11.0. The van der Waals surface area contributed by atoms with E-state index in [2.05, 4.69) is 0 Å². The molecule has 0 unspecified atom stereocenters. The molecule has 0 N–H and O–H groups in total. The molecule has 0 fully saturated rings. The second kappa shape index (κ2) is 7.11. The molecule has 5 heteroatoms. The minimum absolute atomic E-state index is 0.0167. The molecule has 0 amide bonds. The summed E-state index contributed by atoms with van der Waals surface area (Å²) >= 11 is 0. The Balaban J connectivity index is 1.68. The van der Waals surface area contributed by atoms with Crippen LogP contribution in [0.5, 0.6) is 11.5 Å². The predicted molar refractivity (Wildman–Crippen MR) is 69.1 cm³/mol. The maximum atomic E-state index is 11.4. The fourth-order valence-electron chi connectivity index (χ4n) is 1.79. The van der Waals surface area contributed by atoms with Gasteiger partial charge >= 0.3 is 0 Å². The first-order valence-corrected chi connectivity index (χ1v) is 6.31. The molecule has 2 rings (SSSR count). The molecule has 0 aliphatic carbocycles. The molecule has 0 aromatic heterocycles. The normalized spacial score (nSPS) is 13.2. The minimum atomic E-state index is 0.0167. The van der Waals surface area contributed by atoms with Crippen molar-refractivity contribution in [3.63, 3.8) is 0 Å². The van der Waals surface area contributed by atoms with E-state index in [0.717, 1.165) is 6.42 Å². The number of rotatable bonds is 8. The van der Waals surface area contributed by atoms with Crippen molar-refractivity contribution in [2.24, 2.45) is 0 Å². The van der Waals surface area contributed by atoms with E-state index in [0.29, 0.717) is 43.5 Å². The highest BCUT2D eigenvalue weighted by Gasteiger charge is 2.21. The average Bonchev–Trinajstić information content (AvgIpc) is 2.79. The number of ketones is 1. The molecule has 104 valence electrons.